The molecule has 2 aliphatic rings. The molecule has 0 spiro atoms. The maximum Gasteiger partial charge on any atom is 0.421 e. The number of rotatable bonds is 6. The molecule has 2 saturated heterocycles. The molecule has 2 heterocycles. The minimum Gasteiger partial charge on any atom is -0.490 e. The average molecular weight is 510 g/mol. The molecule has 1 N–H and O–H groups in total. The standard InChI is InChI=1S/C28H35N3O6/c1-28(2,3)37-26(33)30-15-13-24(14-16-30)36-23-11-9-22(10-12-23)31(25(32)21-17-29-18-21)27(34)35-19-20-7-5-4-6-8-20/h4-12,21,24,29H,13-19H2,1-3H3. The van der Waals surface area contributed by atoms with Crippen molar-refractivity contribution in [1.29, 1.82) is 0 Å². The normalized spacial score (nSPS) is 16.5. The summed E-state index contributed by atoms with van der Waals surface area (Å²) in [5, 5.41) is 3.07. The minimum atomic E-state index is -0.705. The van der Waals surface area contributed by atoms with Gasteiger partial charge in [0, 0.05) is 39.0 Å². The van der Waals surface area contributed by atoms with Crippen molar-refractivity contribution in [2.24, 2.45) is 5.92 Å². The lowest BCUT2D eigenvalue weighted by Gasteiger charge is -2.33. The number of anilines is 1. The molecule has 0 aromatic heterocycles. The van der Waals surface area contributed by atoms with Gasteiger partial charge in [-0.15, -0.1) is 0 Å². The van der Waals surface area contributed by atoms with E-state index in [1.165, 1.54) is 0 Å². The number of piperidine rings is 1. The quantitative estimate of drug-likeness (QED) is 0.618. The third-order valence-corrected chi connectivity index (χ3v) is 6.23. The van der Waals surface area contributed by atoms with Gasteiger partial charge in [0.2, 0.25) is 5.91 Å². The highest BCUT2D eigenvalue weighted by molar-refractivity contribution is 6.13. The summed E-state index contributed by atoms with van der Waals surface area (Å²) >= 11 is 0. The lowest BCUT2D eigenvalue weighted by molar-refractivity contribution is -0.123. The molecular formula is C28H35N3O6. The van der Waals surface area contributed by atoms with Gasteiger partial charge in [0.25, 0.3) is 0 Å². The lowest BCUT2D eigenvalue weighted by Crippen LogP contribution is -2.53. The first kappa shape index (κ1) is 26.5. The van der Waals surface area contributed by atoms with Crippen molar-refractivity contribution >= 4 is 23.8 Å². The highest BCUT2D eigenvalue weighted by atomic mass is 16.6. The van der Waals surface area contributed by atoms with Crippen LogP contribution in [-0.2, 0) is 20.9 Å². The van der Waals surface area contributed by atoms with Crippen molar-refractivity contribution in [3.8, 4) is 5.75 Å². The Kier molecular flexibility index (Phi) is 8.33. The van der Waals surface area contributed by atoms with Gasteiger partial charge in [-0.1, -0.05) is 30.3 Å². The van der Waals surface area contributed by atoms with Crippen LogP contribution in [0.2, 0.25) is 0 Å². The van der Waals surface area contributed by atoms with Crippen molar-refractivity contribution in [2.45, 2.75) is 51.9 Å². The van der Waals surface area contributed by atoms with Crippen LogP contribution in [0.3, 0.4) is 0 Å². The van der Waals surface area contributed by atoms with Crippen LogP contribution in [0.25, 0.3) is 0 Å². The van der Waals surface area contributed by atoms with Crippen LogP contribution in [0.5, 0.6) is 5.75 Å². The summed E-state index contributed by atoms with van der Waals surface area (Å²) in [6.45, 7) is 7.82. The van der Waals surface area contributed by atoms with Crippen molar-refractivity contribution in [3.05, 3.63) is 60.2 Å². The van der Waals surface area contributed by atoms with Crippen LogP contribution >= 0.6 is 0 Å². The van der Waals surface area contributed by atoms with E-state index in [0.717, 1.165) is 10.5 Å². The fourth-order valence-corrected chi connectivity index (χ4v) is 4.10. The molecule has 37 heavy (non-hydrogen) atoms. The van der Waals surface area contributed by atoms with Gasteiger partial charge in [-0.25, -0.2) is 14.5 Å². The maximum atomic E-state index is 13.1. The van der Waals surface area contributed by atoms with Crippen LogP contribution < -0.4 is 15.0 Å². The van der Waals surface area contributed by atoms with Gasteiger partial charge in [-0.2, -0.15) is 0 Å². The Morgan fingerprint density at radius 2 is 1.62 bits per heavy atom. The molecular weight excluding hydrogens is 474 g/mol. The molecule has 4 rings (SSSR count). The number of imide groups is 1. The van der Waals surface area contributed by atoms with Gasteiger partial charge < -0.3 is 24.4 Å². The second kappa shape index (κ2) is 11.6. The molecule has 2 fully saturated rings. The fourth-order valence-electron chi connectivity index (χ4n) is 4.10. The first-order valence-corrected chi connectivity index (χ1v) is 12.7. The van der Waals surface area contributed by atoms with Crippen LogP contribution in [0.15, 0.2) is 54.6 Å². The Balaban J connectivity index is 1.35. The summed E-state index contributed by atoms with van der Waals surface area (Å²) in [5.74, 6) is 0.0742. The number of hydrogen-bond donors (Lipinski definition) is 1. The molecule has 0 bridgehead atoms. The SMILES string of the molecule is CC(C)(C)OC(=O)N1CCC(Oc2ccc(N(C(=O)OCc3ccccc3)C(=O)C3CNC3)cc2)CC1. The molecule has 198 valence electrons. The van der Waals surface area contributed by atoms with E-state index in [0.29, 0.717) is 50.5 Å². The zero-order valence-electron chi connectivity index (χ0n) is 21.6. The second-order valence-corrected chi connectivity index (χ2v) is 10.3. The van der Waals surface area contributed by atoms with E-state index < -0.39 is 11.7 Å². The number of hydrogen-bond acceptors (Lipinski definition) is 7. The minimum absolute atomic E-state index is 0.0424. The van der Waals surface area contributed by atoms with Crippen LogP contribution in [0.4, 0.5) is 15.3 Å². The number of carbonyl (C=O) groups excluding carboxylic acids is 3. The van der Waals surface area contributed by atoms with Gasteiger partial charge >= 0.3 is 12.2 Å². The van der Waals surface area contributed by atoms with Crippen LogP contribution in [-0.4, -0.2) is 60.9 Å². The first-order valence-electron chi connectivity index (χ1n) is 12.7. The van der Waals surface area contributed by atoms with Crippen LogP contribution in [0.1, 0.15) is 39.2 Å². The van der Waals surface area contributed by atoms with Crippen molar-refractivity contribution in [2.75, 3.05) is 31.1 Å². The average Bonchev–Trinajstić information content (AvgIpc) is 2.83. The largest absolute Gasteiger partial charge is 0.490 e. The van der Waals surface area contributed by atoms with Crippen molar-refractivity contribution in [1.82, 2.24) is 10.2 Å². The zero-order chi connectivity index (χ0) is 26.4. The zero-order valence-corrected chi connectivity index (χ0v) is 21.6. The molecule has 0 aliphatic carbocycles. The van der Waals surface area contributed by atoms with E-state index in [4.69, 9.17) is 14.2 Å². The molecule has 0 unspecified atom stereocenters. The summed E-state index contributed by atoms with van der Waals surface area (Å²) < 4.78 is 17.0. The summed E-state index contributed by atoms with van der Waals surface area (Å²) in [6.07, 6.45) is 0.321. The number of nitrogens with one attached hydrogen (secondary N) is 1. The van der Waals surface area contributed by atoms with E-state index in [1.807, 2.05) is 51.1 Å². The summed E-state index contributed by atoms with van der Waals surface area (Å²) in [5.41, 5.74) is 0.752. The Bertz CT molecular complexity index is 1070. The van der Waals surface area contributed by atoms with Crippen molar-refractivity contribution in [3.63, 3.8) is 0 Å². The third kappa shape index (κ3) is 7.22. The summed E-state index contributed by atoms with van der Waals surface area (Å²) in [4.78, 5) is 41.1. The first-order chi connectivity index (χ1) is 17.7. The van der Waals surface area contributed by atoms with Gasteiger partial charge in [0.05, 0.1) is 11.6 Å². The second-order valence-electron chi connectivity index (χ2n) is 10.3. The number of amides is 3. The Morgan fingerprint density at radius 1 is 0.973 bits per heavy atom. The number of nitrogens with zero attached hydrogens (tertiary/aromatic N) is 2. The predicted molar refractivity (Wildman–Crippen MR) is 138 cm³/mol. The number of ether oxygens (including phenoxy) is 3. The molecule has 3 amide bonds. The maximum absolute atomic E-state index is 13.1. The number of carbonyl (C=O) groups is 3. The third-order valence-electron chi connectivity index (χ3n) is 6.23. The van der Waals surface area contributed by atoms with Gasteiger partial charge in [0.15, 0.2) is 0 Å². The Labute approximate surface area is 217 Å². The van der Waals surface area contributed by atoms with Gasteiger partial charge in [-0.05, 0) is 50.6 Å². The number of benzene rings is 2. The summed E-state index contributed by atoms with van der Waals surface area (Å²) in [7, 11) is 0. The smallest absolute Gasteiger partial charge is 0.421 e. The Hall–Kier alpha value is -3.59. The van der Waals surface area contributed by atoms with E-state index in [-0.39, 0.29) is 30.6 Å². The van der Waals surface area contributed by atoms with Crippen LogP contribution in [0, 0.1) is 5.92 Å². The molecule has 0 atom stereocenters. The lowest BCUT2D eigenvalue weighted by atomic mass is 10.0. The van der Waals surface area contributed by atoms with Gasteiger partial charge in [0.1, 0.15) is 24.1 Å². The van der Waals surface area contributed by atoms with E-state index in [2.05, 4.69) is 5.32 Å². The topological polar surface area (TPSA) is 97.4 Å². The van der Waals surface area contributed by atoms with Crippen molar-refractivity contribution < 1.29 is 28.6 Å². The molecule has 2 aromatic rings. The fraction of sp³-hybridized carbons (Fsp3) is 0.464. The van der Waals surface area contributed by atoms with E-state index in [9.17, 15) is 14.4 Å². The molecule has 0 radical (unpaired) electrons. The molecule has 9 nitrogen and oxygen atoms in total. The van der Waals surface area contributed by atoms with E-state index >= 15 is 0 Å². The highest BCUT2D eigenvalue weighted by Gasteiger charge is 2.35. The molecule has 0 saturated carbocycles. The van der Waals surface area contributed by atoms with Gasteiger partial charge in [-0.3, -0.25) is 4.79 Å². The molecule has 2 aromatic carbocycles. The summed E-state index contributed by atoms with van der Waals surface area (Å²) in [6, 6.07) is 16.2. The number of likely N-dealkylation sites (tertiary alicyclic amines) is 1. The monoisotopic (exact) mass is 509 g/mol. The molecule has 9 heteroatoms. The Morgan fingerprint density at radius 3 is 2.19 bits per heavy atom. The molecule has 2 aliphatic heterocycles. The van der Waals surface area contributed by atoms with E-state index in [1.54, 1.807) is 29.2 Å². The predicted octanol–water partition coefficient (Wildman–Crippen LogP) is 4.35. The highest BCUT2D eigenvalue weighted by Crippen LogP contribution is 2.26.